The summed E-state index contributed by atoms with van der Waals surface area (Å²) in [6, 6.07) is 0. The average molecular weight is 791 g/mol. The van der Waals surface area contributed by atoms with Crippen LogP contribution in [0.5, 0.6) is 0 Å². The second kappa shape index (κ2) is 13.2. The molecule has 0 aromatic rings. The molecule has 2 fully saturated rings. The van der Waals surface area contributed by atoms with Gasteiger partial charge in [0.15, 0.2) is 5.72 Å². The minimum Gasteiger partial charge on any atom is -0.758 e. The number of rotatable bonds is 10. The summed E-state index contributed by atoms with van der Waals surface area (Å²) in [7, 11) is -4.69. The standard InChI is InChI=1S/C18H35NO8P.2W/c1-11(2)22-10-18(19)17(8-14(6)26-18)27-28(20,21)23-9-16-15(24-12(3)4)7-13(5)25-16;;/h9,11-17H,7-8,10,19H2,1-6H3,(H,20,21);;/q-1;;/p-1/t13-,14-,15+,16+,17+,18+;;/m0../s1. The van der Waals surface area contributed by atoms with Gasteiger partial charge in [0, 0.05) is 48.6 Å². The molecular formula is C18H34NO8PW2-2. The largest absolute Gasteiger partial charge is 0.758 e. The van der Waals surface area contributed by atoms with E-state index in [1.54, 1.807) is 6.92 Å². The van der Waals surface area contributed by atoms with Gasteiger partial charge < -0.3 is 32.9 Å². The zero-order valence-corrected chi connectivity index (χ0v) is 25.1. The Balaban J connectivity index is 0.00000420. The smallest absolute Gasteiger partial charge is 0.237 e. The fourth-order valence-electron chi connectivity index (χ4n) is 3.35. The fraction of sp³-hybridized carbons (Fsp3) is 0.944. The van der Waals surface area contributed by atoms with Crippen molar-refractivity contribution >= 4 is 7.82 Å². The molecule has 2 aliphatic rings. The third-order valence-corrected chi connectivity index (χ3v) is 5.39. The first kappa shape index (κ1) is 31.3. The van der Waals surface area contributed by atoms with E-state index in [1.807, 2.05) is 34.6 Å². The molecule has 0 saturated carbocycles. The second-order valence-corrected chi connectivity index (χ2v) is 9.45. The number of nitrogens with two attached hydrogens (primary N) is 1. The molecule has 2 rings (SSSR count). The van der Waals surface area contributed by atoms with Crippen LogP contribution in [-0.2, 0) is 74.7 Å². The molecule has 2 N–H and O–H groups in total. The molecule has 0 aromatic heterocycles. The predicted molar refractivity (Wildman–Crippen MR) is 100.0 cm³/mol. The Bertz CT molecular complexity index is 558. The number of ether oxygens (including phenoxy) is 4. The van der Waals surface area contributed by atoms with Crippen molar-refractivity contribution < 1.29 is 79.6 Å². The van der Waals surface area contributed by atoms with Gasteiger partial charge in [-0.2, -0.15) is 6.61 Å². The molecule has 0 amide bonds. The number of hydrogen-bond acceptors (Lipinski definition) is 9. The summed E-state index contributed by atoms with van der Waals surface area (Å²) in [4.78, 5) is 12.4. The molecule has 0 spiro atoms. The van der Waals surface area contributed by atoms with Crippen LogP contribution in [0.25, 0.3) is 0 Å². The van der Waals surface area contributed by atoms with Gasteiger partial charge in [0.2, 0.25) is 7.82 Å². The minimum atomic E-state index is -4.69. The van der Waals surface area contributed by atoms with Crippen molar-refractivity contribution in [2.24, 2.45) is 5.73 Å². The molecule has 0 aromatic carbocycles. The van der Waals surface area contributed by atoms with Gasteiger partial charge in [-0.05, 0) is 54.1 Å². The summed E-state index contributed by atoms with van der Waals surface area (Å²) >= 11 is 0. The molecule has 12 heteroatoms. The monoisotopic (exact) mass is 791 g/mol. The van der Waals surface area contributed by atoms with Crippen molar-refractivity contribution in [2.75, 3.05) is 6.61 Å². The Labute approximate surface area is 208 Å². The van der Waals surface area contributed by atoms with E-state index in [4.69, 9.17) is 33.7 Å². The first-order valence-electron chi connectivity index (χ1n) is 9.80. The molecule has 0 aliphatic carbocycles. The molecule has 1 unspecified atom stereocenters. The third kappa shape index (κ3) is 9.65. The molecule has 30 heavy (non-hydrogen) atoms. The quantitative estimate of drug-likeness (QED) is 0.262. The van der Waals surface area contributed by atoms with Crippen molar-refractivity contribution in [1.82, 2.24) is 0 Å². The van der Waals surface area contributed by atoms with Crippen molar-refractivity contribution in [3.63, 3.8) is 0 Å². The Morgan fingerprint density at radius 1 is 1.17 bits per heavy atom. The Hall–Kier alpha value is 1.29. The van der Waals surface area contributed by atoms with Crippen LogP contribution in [0.2, 0.25) is 0 Å². The Morgan fingerprint density at radius 2 is 1.80 bits per heavy atom. The van der Waals surface area contributed by atoms with Gasteiger partial charge in [-0.3, -0.25) is 10.3 Å². The van der Waals surface area contributed by atoms with Gasteiger partial charge >= 0.3 is 0 Å². The molecule has 9 nitrogen and oxygen atoms in total. The topological polar surface area (TPSA) is 122 Å². The van der Waals surface area contributed by atoms with Crippen molar-refractivity contribution in [2.45, 2.75) is 103 Å². The number of hydrogen-bond donors (Lipinski definition) is 1. The van der Waals surface area contributed by atoms with Crippen molar-refractivity contribution in [3.05, 3.63) is 6.61 Å². The SMILES string of the molecule is CC(C)OC[C@@]1(N)O[C@@H](C)C[C@H]1OP(=O)([O-])O[CH-][C@H]1O[C@@H](C)C[C@H]1OC(C)C.[W].[W]. The maximum absolute atomic E-state index is 12.4. The molecule has 7 atom stereocenters. The van der Waals surface area contributed by atoms with E-state index in [0.717, 1.165) is 6.61 Å². The maximum atomic E-state index is 12.4. The maximum Gasteiger partial charge on any atom is 0.237 e. The van der Waals surface area contributed by atoms with Crippen LogP contribution in [0.3, 0.4) is 0 Å². The van der Waals surface area contributed by atoms with Crippen LogP contribution in [-0.4, -0.2) is 55.1 Å². The van der Waals surface area contributed by atoms with Gasteiger partial charge in [-0.15, -0.1) is 0 Å². The predicted octanol–water partition coefficient (Wildman–Crippen LogP) is 1.87. The zero-order valence-electron chi connectivity index (χ0n) is 18.3. The summed E-state index contributed by atoms with van der Waals surface area (Å²) in [5, 5.41) is 0. The van der Waals surface area contributed by atoms with Crippen LogP contribution in [0, 0.1) is 6.61 Å². The Kier molecular flexibility index (Phi) is 13.8. The van der Waals surface area contributed by atoms with E-state index < -0.39 is 25.8 Å². The van der Waals surface area contributed by atoms with Gasteiger partial charge in [-0.25, -0.2) is 0 Å². The van der Waals surface area contributed by atoms with Gasteiger partial charge in [0.25, 0.3) is 0 Å². The van der Waals surface area contributed by atoms with E-state index in [9.17, 15) is 9.46 Å². The first-order valence-corrected chi connectivity index (χ1v) is 11.3. The van der Waals surface area contributed by atoms with Crippen LogP contribution >= 0.6 is 7.82 Å². The average Bonchev–Trinajstić information content (AvgIpc) is 3.02. The van der Waals surface area contributed by atoms with E-state index in [0.29, 0.717) is 12.8 Å². The van der Waals surface area contributed by atoms with Gasteiger partial charge in [0.05, 0.1) is 37.1 Å². The molecule has 2 aliphatic heterocycles. The van der Waals surface area contributed by atoms with E-state index in [2.05, 4.69) is 0 Å². The summed E-state index contributed by atoms with van der Waals surface area (Å²) in [5.41, 5.74) is 4.85. The normalized spacial score (nSPS) is 35.9. The molecule has 178 valence electrons. The molecule has 0 bridgehead atoms. The zero-order chi connectivity index (χ0) is 21.1. The van der Waals surface area contributed by atoms with Crippen LogP contribution in [0.15, 0.2) is 0 Å². The molecule has 0 radical (unpaired) electrons. The second-order valence-electron chi connectivity index (χ2n) is 8.13. The van der Waals surface area contributed by atoms with E-state index in [1.165, 1.54) is 0 Å². The van der Waals surface area contributed by atoms with Crippen LogP contribution in [0.4, 0.5) is 0 Å². The number of phosphoric acid groups is 1. The summed E-state index contributed by atoms with van der Waals surface area (Å²) in [5.74, 6) is 0. The van der Waals surface area contributed by atoms with Crippen LogP contribution in [0.1, 0.15) is 54.4 Å². The molecule has 2 heterocycles. The van der Waals surface area contributed by atoms with Gasteiger partial charge in [0.1, 0.15) is 6.10 Å². The summed E-state index contributed by atoms with van der Waals surface area (Å²) in [6.45, 7) is 12.3. The van der Waals surface area contributed by atoms with E-state index >= 15 is 0 Å². The third-order valence-electron chi connectivity index (χ3n) is 4.50. The van der Waals surface area contributed by atoms with Crippen molar-refractivity contribution in [3.8, 4) is 0 Å². The molecule has 2 saturated heterocycles. The number of phosphoric ester groups is 1. The minimum absolute atomic E-state index is 0. The van der Waals surface area contributed by atoms with Gasteiger partial charge in [-0.1, -0.05) is 0 Å². The Morgan fingerprint density at radius 3 is 2.37 bits per heavy atom. The summed E-state index contributed by atoms with van der Waals surface area (Å²) < 4.78 is 45.2. The summed E-state index contributed by atoms with van der Waals surface area (Å²) in [6.07, 6.45) is -1.25. The van der Waals surface area contributed by atoms with E-state index in [-0.39, 0.29) is 79.3 Å². The first-order chi connectivity index (χ1) is 12.9. The van der Waals surface area contributed by atoms with Crippen LogP contribution < -0.4 is 10.6 Å². The fourth-order valence-corrected chi connectivity index (χ4v) is 4.24. The van der Waals surface area contributed by atoms with Crippen molar-refractivity contribution in [1.29, 1.82) is 0 Å². The molecular weight excluding hydrogens is 757 g/mol.